The molecule has 1 atom stereocenters. The predicted octanol–water partition coefficient (Wildman–Crippen LogP) is 1.89. The molecule has 134 valence electrons. The lowest BCUT2D eigenvalue weighted by Gasteiger charge is -2.16. The molecule has 3 aromatic rings. The van der Waals surface area contributed by atoms with Gasteiger partial charge >= 0.3 is 5.63 Å². The molecule has 1 unspecified atom stereocenters. The van der Waals surface area contributed by atoms with E-state index in [0.29, 0.717) is 17.8 Å². The van der Waals surface area contributed by atoms with Crippen molar-refractivity contribution < 1.29 is 19.1 Å². The molecule has 0 aliphatic rings. The Morgan fingerprint density at radius 1 is 1.12 bits per heavy atom. The van der Waals surface area contributed by atoms with Crippen LogP contribution in [0.25, 0.3) is 11.0 Å². The third-order valence-corrected chi connectivity index (χ3v) is 3.87. The second-order valence-electron chi connectivity index (χ2n) is 5.88. The highest BCUT2D eigenvalue weighted by atomic mass is 16.5. The van der Waals surface area contributed by atoms with Crippen molar-refractivity contribution in [3.63, 3.8) is 0 Å². The van der Waals surface area contributed by atoms with Gasteiger partial charge in [-0.1, -0.05) is 30.3 Å². The van der Waals surface area contributed by atoms with Crippen molar-refractivity contribution >= 4 is 16.9 Å². The molecule has 0 aliphatic heterocycles. The quantitative estimate of drug-likeness (QED) is 0.633. The van der Waals surface area contributed by atoms with E-state index in [-0.39, 0.29) is 25.2 Å². The predicted molar refractivity (Wildman–Crippen MR) is 97.1 cm³/mol. The number of aliphatic hydroxyl groups is 1. The SMILES string of the molecule is O=C(COc1ccc2ccc(=O)oc2c1)NC(CO)Cc1ccccc1. The number of hydrogen-bond donors (Lipinski definition) is 2. The van der Waals surface area contributed by atoms with E-state index in [4.69, 9.17) is 9.15 Å². The summed E-state index contributed by atoms with van der Waals surface area (Å²) >= 11 is 0. The van der Waals surface area contributed by atoms with E-state index in [1.807, 2.05) is 30.3 Å². The maximum absolute atomic E-state index is 12.1. The first-order valence-electron chi connectivity index (χ1n) is 8.25. The monoisotopic (exact) mass is 353 g/mol. The van der Waals surface area contributed by atoms with Crippen LogP contribution in [0.15, 0.2) is 69.9 Å². The smallest absolute Gasteiger partial charge is 0.336 e. The molecule has 0 fully saturated rings. The number of amides is 1. The van der Waals surface area contributed by atoms with Crippen molar-refractivity contribution in [3.8, 4) is 5.75 Å². The van der Waals surface area contributed by atoms with E-state index in [2.05, 4.69) is 5.32 Å². The summed E-state index contributed by atoms with van der Waals surface area (Å²) in [6.07, 6.45) is 0.532. The normalized spacial score (nSPS) is 11.9. The minimum Gasteiger partial charge on any atom is -0.484 e. The maximum Gasteiger partial charge on any atom is 0.336 e. The lowest BCUT2D eigenvalue weighted by atomic mass is 10.1. The molecule has 0 spiro atoms. The molecule has 0 saturated carbocycles. The van der Waals surface area contributed by atoms with Crippen molar-refractivity contribution in [2.75, 3.05) is 13.2 Å². The average molecular weight is 353 g/mol. The molecule has 3 rings (SSSR count). The average Bonchev–Trinajstić information content (AvgIpc) is 2.66. The van der Waals surface area contributed by atoms with Gasteiger partial charge in [0.15, 0.2) is 6.61 Å². The first kappa shape index (κ1) is 17.7. The summed E-state index contributed by atoms with van der Waals surface area (Å²) < 4.78 is 10.5. The molecule has 0 radical (unpaired) electrons. The molecule has 1 aromatic heterocycles. The summed E-state index contributed by atoms with van der Waals surface area (Å²) in [5, 5.41) is 13.0. The Labute approximate surface area is 150 Å². The van der Waals surface area contributed by atoms with Crippen LogP contribution in [0, 0.1) is 0 Å². The zero-order chi connectivity index (χ0) is 18.4. The van der Waals surface area contributed by atoms with Crippen molar-refractivity contribution in [2.45, 2.75) is 12.5 Å². The van der Waals surface area contributed by atoms with E-state index in [0.717, 1.165) is 10.9 Å². The molecular weight excluding hydrogens is 334 g/mol. The lowest BCUT2D eigenvalue weighted by molar-refractivity contribution is -0.124. The Morgan fingerprint density at radius 3 is 2.65 bits per heavy atom. The van der Waals surface area contributed by atoms with E-state index >= 15 is 0 Å². The van der Waals surface area contributed by atoms with Crippen LogP contribution >= 0.6 is 0 Å². The number of carbonyl (C=O) groups excluding carboxylic acids is 1. The highest BCUT2D eigenvalue weighted by Crippen LogP contribution is 2.19. The van der Waals surface area contributed by atoms with Crippen molar-refractivity contribution in [2.24, 2.45) is 0 Å². The molecule has 1 amide bonds. The number of benzene rings is 2. The van der Waals surface area contributed by atoms with E-state index in [1.54, 1.807) is 24.3 Å². The van der Waals surface area contributed by atoms with Crippen LogP contribution in [0.1, 0.15) is 5.56 Å². The van der Waals surface area contributed by atoms with Crippen LogP contribution in [0.5, 0.6) is 5.75 Å². The summed E-state index contributed by atoms with van der Waals surface area (Å²) in [5.41, 5.74) is 0.976. The summed E-state index contributed by atoms with van der Waals surface area (Å²) in [7, 11) is 0. The van der Waals surface area contributed by atoms with Gasteiger partial charge in [0.1, 0.15) is 11.3 Å². The molecule has 2 aromatic carbocycles. The molecule has 26 heavy (non-hydrogen) atoms. The minimum absolute atomic E-state index is 0.165. The first-order valence-corrected chi connectivity index (χ1v) is 8.25. The number of nitrogens with one attached hydrogen (secondary N) is 1. The Morgan fingerprint density at radius 2 is 1.88 bits per heavy atom. The first-order chi connectivity index (χ1) is 12.6. The van der Waals surface area contributed by atoms with Gasteiger partial charge in [0.25, 0.3) is 5.91 Å². The number of carbonyl (C=O) groups is 1. The van der Waals surface area contributed by atoms with Gasteiger partial charge in [0.05, 0.1) is 12.6 Å². The fourth-order valence-corrected chi connectivity index (χ4v) is 2.61. The van der Waals surface area contributed by atoms with E-state index < -0.39 is 5.63 Å². The van der Waals surface area contributed by atoms with E-state index in [9.17, 15) is 14.7 Å². The van der Waals surface area contributed by atoms with Crippen molar-refractivity contribution in [1.82, 2.24) is 5.32 Å². The maximum atomic E-state index is 12.1. The second-order valence-corrected chi connectivity index (χ2v) is 5.88. The topological polar surface area (TPSA) is 88.8 Å². The van der Waals surface area contributed by atoms with Gasteiger partial charge in [-0.05, 0) is 30.2 Å². The third kappa shape index (κ3) is 4.70. The number of aliphatic hydroxyl groups excluding tert-OH is 1. The van der Waals surface area contributed by atoms with Crippen LogP contribution in [0.4, 0.5) is 0 Å². The Kier molecular flexibility index (Phi) is 5.66. The third-order valence-electron chi connectivity index (χ3n) is 3.87. The lowest BCUT2D eigenvalue weighted by Crippen LogP contribution is -2.41. The summed E-state index contributed by atoms with van der Waals surface area (Å²) in [4.78, 5) is 23.3. The molecule has 0 aliphatic carbocycles. The Balaban J connectivity index is 1.56. The van der Waals surface area contributed by atoms with Crippen LogP contribution in [0.3, 0.4) is 0 Å². The summed E-state index contributed by atoms with van der Waals surface area (Å²) in [6.45, 7) is -0.365. The largest absolute Gasteiger partial charge is 0.484 e. The summed E-state index contributed by atoms with van der Waals surface area (Å²) in [5.74, 6) is 0.0835. The van der Waals surface area contributed by atoms with Gasteiger partial charge in [-0.25, -0.2) is 4.79 Å². The van der Waals surface area contributed by atoms with Crippen molar-refractivity contribution in [3.05, 3.63) is 76.6 Å². The minimum atomic E-state index is -0.445. The zero-order valence-electron chi connectivity index (χ0n) is 14.1. The molecule has 0 bridgehead atoms. The molecular formula is C20H19NO5. The fraction of sp³-hybridized carbons (Fsp3) is 0.200. The van der Waals surface area contributed by atoms with Gasteiger partial charge in [0, 0.05) is 17.5 Å². The molecule has 0 saturated heterocycles. The molecule has 6 heteroatoms. The standard InChI is InChI=1S/C20H19NO5/c22-12-16(10-14-4-2-1-3-5-14)21-19(23)13-25-17-8-6-15-7-9-20(24)26-18(15)11-17/h1-9,11,16,22H,10,12-13H2,(H,21,23). The van der Waals surface area contributed by atoms with Gasteiger partial charge in [-0.3, -0.25) is 4.79 Å². The number of hydrogen-bond acceptors (Lipinski definition) is 5. The van der Waals surface area contributed by atoms with Crippen LogP contribution < -0.4 is 15.7 Å². The van der Waals surface area contributed by atoms with E-state index in [1.165, 1.54) is 6.07 Å². The number of fused-ring (bicyclic) bond motifs is 1. The van der Waals surface area contributed by atoms with Gasteiger partial charge in [0.2, 0.25) is 0 Å². The zero-order valence-corrected chi connectivity index (χ0v) is 14.1. The number of ether oxygens (including phenoxy) is 1. The fourth-order valence-electron chi connectivity index (χ4n) is 2.61. The van der Waals surface area contributed by atoms with Crippen LogP contribution in [-0.2, 0) is 11.2 Å². The van der Waals surface area contributed by atoms with Gasteiger partial charge < -0.3 is 19.6 Å². The van der Waals surface area contributed by atoms with Crippen LogP contribution in [0.2, 0.25) is 0 Å². The highest BCUT2D eigenvalue weighted by molar-refractivity contribution is 5.79. The molecule has 6 nitrogen and oxygen atoms in total. The Hall–Kier alpha value is -3.12. The molecule has 1 heterocycles. The highest BCUT2D eigenvalue weighted by Gasteiger charge is 2.13. The van der Waals surface area contributed by atoms with Gasteiger partial charge in [-0.15, -0.1) is 0 Å². The van der Waals surface area contributed by atoms with Gasteiger partial charge in [-0.2, -0.15) is 0 Å². The van der Waals surface area contributed by atoms with Crippen molar-refractivity contribution in [1.29, 1.82) is 0 Å². The Bertz CT molecular complexity index is 936. The second kappa shape index (κ2) is 8.31. The molecule has 2 N–H and O–H groups in total. The van der Waals surface area contributed by atoms with Crippen LogP contribution in [-0.4, -0.2) is 30.3 Å². The summed E-state index contributed by atoms with van der Waals surface area (Å²) in [6, 6.07) is 17.2. The number of rotatable bonds is 7.